The van der Waals surface area contributed by atoms with E-state index in [9.17, 15) is 18.3 Å². The molecule has 1 aliphatic heterocycles. The van der Waals surface area contributed by atoms with Crippen LogP contribution in [0.2, 0.25) is 10.0 Å². The number of halogens is 2. The highest BCUT2D eigenvalue weighted by molar-refractivity contribution is 7.92. The molecule has 0 spiro atoms. The zero-order valence-corrected chi connectivity index (χ0v) is 17.4. The van der Waals surface area contributed by atoms with Crippen molar-refractivity contribution in [1.82, 2.24) is 9.88 Å². The number of pyridine rings is 1. The number of hydrogen-bond donors (Lipinski definition) is 2. The number of aromatic nitrogens is 1. The van der Waals surface area contributed by atoms with E-state index in [0.29, 0.717) is 36.5 Å². The molecular formula is C18H19Cl2N3O4S. The zero-order chi connectivity index (χ0) is 20.5. The molecule has 1 aliphatic rings. The van der Waals surface area contributed by atoms with Gasteiger partial charge in [0.1, 0.15) is 0 Å². The Kier molecular flexibility index (Phi) is 6.14. The Morgan fingerprint density at radius 1 is 1.25 bits per heavy atom. The molecule has 2 N–H and O–H groups in total. The molecule has 1 amide bonds. The normalized spacial score (nSPS) is 15.5. The van der Waals surface area contributed by atoms with Gasteiger partial charge in [0.05, 0.1) is 21.7 Å². The Balaban J connectivity index is 1.92. The Hall–Kier alpha value is -1.87. The Labute approximate surface area is 173 Å². The van der Waals surface area contributed by atoms with Crippen molar-refractivity contribution in [3.8, 4) is 0 Å². The number of hydrogen-bond acceptors (Lipinski definition) is 5. The second kappa shape index (κ2) is 8.24. The van der Waals surface area contributed by atoms with E-state index in [4.69, 9.17) is 23.2 Å². The summed E-state index contributed by atoms with van der Waals surface area (Å²) in [6, 6.07) is 5.66. The third-order valence-corrected chi connectivity index (χ3v) is 6.49. The van der Waals surface area contributed by atoms with Crippen LogP contribution in [-0.2, 0) is 10.0 Å². The molecule has 1 aromatic heterocycles. The number of amides is 1. The molecule has 7 nitrogen and oxygen atoms in total. The quantitative estimate of drug-likeness (QED) is 0.755. The summed E-state index contributed by atoms with van der Waals surface area (Å²) in [5.74, 6) is -0.423. The van der Waals surface area contributed by atoms with Crippen LogP contribution in [0.15, 0.2) is 35.4 Å². The predicted molar refractivity (Wildman–Crippen MR) is 107 cm³/mol. The van der Waals surface area contributed by atoms with Crippen LogP contribution in [0.1, 0.15) is 28.9 Å². The van der Waals surface area contributed by atoms with Crippen LogP contribution in [0.25, 0.3) is 0 Å². The summed E-state index contributed by atoms with van der Waals surface area (Å²) < 4.78 is 28.0. The summed E-state index contributed by atoms with van der Waals surface area (Å²) in [5, 5.41) is 10.3. The summed E-state index contributed by atoms with van der Waals surface area (Å²) in [6.45, 7) is 2.43. The van der Waals surface area contributed by atoms with Crippen molar-refractivity contribution in [3.05, 3.63) is 51.8 Å². The maximum absolute atomic E-state index is 12.8. The number of aliphatic hydroxyl groups excluding tert-OH is 1. The molecule has 3 rings (SSSR count). The minimum atomic E-state index is -3.98. The lowest BCUT2D eigenvalue weighted by molar-refractivity contribution is 0.0542. The van der Waals surface area contributed by atoms with Gasteiger partial charge in [0.15, 0.2) is 5.69 Å². The van der Waals surface area contributed by atoms with Crippen LogP contribution in [0.4, 0.5) is 5.69 Å². The monoisotopic (exact) mass is 443 g/mol. The summed E-state index contributed by atoms with van der Waals surface area (Å²) in [4.78, 5) is 18.4. The van der Waals surface area contributed by atoms with Crippen molar-refractivity contribution in [2.45, 2.75) is 30.8 Å². The van der Waals surface area contributed by atoms with Gasteiger partial charge in [0, 0.05) is 24.3 Å². The Morgan fingerprint density at radius 3 is 2.57 bits per heavy atom. The fraction of sp³-hybridized carbons (Fsp3) is 0.333. The molecule has 1 aromatic carbocycles. The maximum Gasteiger partial charge on any atom is 0.274 e. The first kappa shape index (κ1) is 20.9. The minimum Gasteiger partial charge on any atom is -0.393 e. The van der Waals surface area contributed by atoms with E-state index in [1.165, 1.54) is 35.4 Å². The molecule has 0 radical (unpaired) electrons. The van der Waals surface area contributed by atoms with E-state index in [0.717, 1.165) is 0 Å². The molecule has 0 aliphatic carbocycles. The van der Waals surface area contributed by atoms with Gasteiger partial charge in [-0.2, -0.15) is 0 Å². The summed E-state index contributed by atoms with van der Waals surface area (Å²) in [6.07, 6.45) is 1.78. The third-order valence-electron chi connectivity index (χ3n) is 4.49. The number of aryl methyl sites for hydroxylation is 1. The molecule has 0 bridgehead atoms. The first-order chi connectivity index (χ1) is 13.2. The van der Waals surface area contributed by atoms with Gasteiger partial charge in [0.2, 0.25) is 0 Å². The second-order valence-electron chi connectivity index (χ2n) is 6.59. The Morgan fingerprint density at radius 2 is 1.93 bits per heavy atom. The fourth-order valence-electron chi connectivity index (χ4n) is 2.89. The van der Waals surface area contributed by atoms with Gasteiger partial charge in [-0.1, -0.05) is 23.2 Å². The highest BCUT2D eigenvalue weighted by Crippen LogP contribution is 2.26. The summed E-state index contributed by atoms with van der Waals surface area (Å²) in [5.41, 5.74) is 0.559. The van der Waals surface area contributed by atoms with E-state index in [1.807, 2.05) is 0 Å². The van der Waals surface area contributed by atoms with Crippen molar-refractivity contribution in [2.75, 3.05) is 17.8 Å². The average Bonchev–Trinajstić information content (AvgIpc) is 2.64. The van der Waals surface area contributed by atoms with Crippen molar-refractivity contribution in [2.24, 2.45) is 0 Å². The van der Waals surface area contributed by atoms with Crippen LogP contribution in [0.3, 0.4) is 0 Å². The topological polar surface area (TPSA) is 99.6 Å². The van der Waals surface area contributed by atoms with Gasteiger partial charge in [-0.05, 0) is 49.6 Å². The molecule has 1 fully saturated rings. The molecule has 150 valence electrons. The molecule has 0 atom stereocenters. The first-order valence-electron chi connectivity index (χ1n) is 8.59. The van der Waals surface area contributed by atoms with Crippen LogP contribution in [-0.4, -0.2) is 48.5 Å². The molecule has 2 heterocycles. The average molecular weight is 444 g/mol. The number of likely N-dealkylation sites (tertiary alicyclic amines) is 1. The molecule has 28 heavy (non-hydrogen) atoms. The number of carbonyl (C=O) groups is 1. The van der Waals surface area contributed by atoms with E-state index < -0.39 is 22.0 Å². The highest BCUT2D eigenvalue weighted by atomic mass is 35.5. The van der Waals surface area contributed by atoms with Gasteiger partial charge in [0.25, 0.3) is 15.9 Å². The first-order valence-corrected chi connectivity index (χ1v) is 10.8. The Bertz CT molecular complexity index is 1010. The lowest BCUT2D eigenvalue weighted by Crippen LogP contribution is -2.40. The van der Waals surface area contributed by atoms with E-state index >= 15 is 0 Å². The molecule has 10 heteroatoms. The minimum absolute atomic E-state index is 0.00350. The number of rotatable bonds is 4. The van der Waals surface area contributed by atoms with Gasteiger partial charge < -0.3 is 10.0 Å². The van der Waals surface area contributed by atoms with Crippen molar-refractivity contribution in [1.29, 1.82) is 0 Å². The number of nitrogens with one attached hydrogen (secondary N) is 1. The number of aliphatic hydroxyl groups is 1. The van der Waals surface area contributed by atoms with Gasteiger partial charge >= 0.3 is 0 Å². The van der Waals surface area contributed by atoms with Gasteiger partial charge in [-0.15, -0.1) is 0 Å². The molecular weight excluding hydrogens is 425 g/mol. The summed E-state index contributed by atoms with van der Waals surface area (Å²) >= 11 is 11.9. The van der Waals surface area contributed by atoms with Gasteiger partial charge in [-0.25, -0.2) is 13.4 Å². The number of piperidine rings is 1. The number of nitrogens with zero attached hydrogens (tertiary/aromatic N) is 2. The largest absolute Gasteiger partial charge is 0.393 e. The van der Waals surface area contributed by atoms with Crippen LogP contribution >= 0.6 is 23.2 Å². The predicted octanol–water partition coefficient (Wildman–Crippen LogP) is 3.09. The number of sulfonamides is 1. The zero-order valence-electron chi connectivity index (χ0n) is 15.0. The van der Waals surface area contributed by atoms with Crippen molar-refractivity contribution < 1.29 is 18.3 Å². The summed E-state index contributed by atoms with van der Waals surface area (Å²) in [7, 11) is -3.98. The molecule has 2 aromatic rings. The van der Waals surface area contributed by atoms with Crippen LogP contribution in [0.5, 0.6) is 0 Å². The van der Waals surface area contributed by atoms with Crippen molar-refractivity contribution in [3.63, 3.8) is 0 Å². The number of anilines is 1. The van der Waals surface area contributed by atoms with Crippen LogP contribution < -0.4 is 4.72 Å². The molecule has 0 unspecified atom stereocenters. The smallest absolute Gasteiger partial charge is 0.274 e. The number of carbonyl (C=O) groups excluding carboxylic acids is 1. The van der Waals surface area contributed by atoms with Gasteiger partial charge in [-0.3, -0.25) is 9.52 Å². The SMILES string of the molecule is Cc1cc(S(=O)(=O)Nc2cc(Cl)cnc2C(=O)N2CCC(O)CC2)ccc1Cl. The maximum atomic E-state index is 12.8. The van der Waals surface area contributed by atoms with E-state index in [1.54, 1.807) is 6.92 Å². The molecule has 1 saturated heterocycles. The van der Waals surface area contributed by atoms with Crippen LogP contribution in [0, 0.1) is 6.92 Å². The third kappa shape index (κ3) is 4.57. The standard InChI is InChI=1S/C18H19Cl2N3O4S/c1-11-8-14(2-3-15(11)20)28(26,27)22-16-9-12(19)10-21-17(16)18(25)23-6-4-13(24)5-7-23/h2-3,8-10,13,22,24H,4-7H2,1H3. The number of benzene rings is 1. The second-order valence-corrected chi connectivity index (χ2v) is 9.12. The highest BCUT2D eigenvalue weighted by Gasteiger charge is 2.27. The lowest BCUT2D eigenvalue weighted by Gasteiger charge is -2.29. The van der Waals surface area contributed by atoms with Crippen molar-refractivity contribution >= 4 is 44.8 Å². The fourth-order valence-corrected chi connectivity index (χ4v) is 4.31. The van der Waals surface area contributed by atoms with E-state index in [2.05, 4.69) is 9.71 Å². The molecule has 0 saturated carbocycles. The van der Waals surface area contributed by atoms with E-state index in [-0.39, 0.29) is 21.3 Å². The lowest BCUT2D eigenvalue weighted by atomic mass is 10.1.